The van der Waals surface area contributed by atoms with E-state index in [1.807, 2.05) is 6.92 Å². The fourth-order valence-corrected chi connectivity index (χ4v) is 2.35. The van der Waals surface area contributed by atoms with Gasteiger partial charge in [0.05, 0.1) is 10.4 Å². The van der Waals surface area contributed by atoms with Crippen LogP contribution in [-0.4, -0.2) is 17.3 Å². The Morgan fingerprint density at radius 2 is 2.07 bits per heavy atom. The Morgan fingerprint density at radius 3 is 2.67 bits per heavy atom. The van der Waals surface area contributed by atoms with E-state index in [2.05, 4.69) is 4.37 Å². The number of hydrogen-bond donors (Lipinski definition) is 0. The van der Waals surface area contributed by atoms with E-state index >= 15 is 0 Å². The van der Waals surface area contributed by atoms with Gasteiger partial charge in [-0.1, -0.05) is 0 Å². The van der Waals surface area contributed by atoms with Crippen LogP contribution in [0.25, 0.3) is 10.9 Å². The predicted molar refractivity (Wildman–Crippen MR) is 52.3 cm³/mol. The average molecular weight is 251 g/mol. The smallest absolute Gasteiger partial charge is 0.744 e. The molecule has 74 valence electrons. The van der Waals surface area contributed by atoms with E-state index in [0.717, 1.165) is 15.8 Å². The molecule has 0 saturated carbocycles. The molecule has 0 aliphatic rings. The minimum Gasteiger partial charge on any atom is -0.744 e. The molecule has 1 heterocycles. The summed E-state index contributed by atoms with van der Waals surface area (Å²) in [6, 6.07) is 4.20. The van der Waals surface area contributed by atoms with Crippen LogP contribution in [0, 0.1) is 6.92 Å². The second-order valence-corrected chi connectivity index (χ2v) is 5.23. The Balaban J connectivity index is 0.00000112. The molecule has 7 heteroatoms. The second kappa shape index (κ2) is 4.48. The van der Waals surface area contributed by atoms with Crippen LogP contribution in [0.3, 0.4) is 0 Å². The number of benzene rings is 1. The number of fused-ring (bicyclic) bond motifs is 1. The topological polar surface area (TPSA) is 70.1 Å². The van der Waals surface area contributed by atoms with Crippen LogP contribution in [0.5, 0.6) is 0 Å². The summed E-state index contributed by atoms with van der Waals surface area (Å²) in [5.74, 6) is 0. The summed E-state index contributed by atoms with van der Waals surface area (Å²) in [6.45, 7) is 1.83. The van der Waals surface area contributed by atoms with Crippen LogP contribution in [0.4, 0.5) is 0 Å². The van der Waals surface area contributed by atoms with E-state index in [0.29, 0.717) is 0 Å². The van der Waals surface area contributed by atoms with Crippen LogP contribution in [-0.2, 0) is 10.1 Å². The maximum atomic E-state index is 10.7. The molecule has 0 spiro atoms. The van der Waals surface area contributed by atoms with Crippen molar-refractivity contribution in [1.82, 2.24) is 4.37 Å². The van der Waals surface area contributed by atoms with E-state index < -0.39 is 10.1 Å². The second-order valence-electron chi connectivity index (χ2n) is 2.87. The number of nitrogens with zero attached hydrogens (tertiary/aromatic N) is 1. The van der Waals surface area contributed by atoms with Crippen LogP contribution in [0.1, 0.15) is 4.88 Å². The van der Waals surface area contributed by atoms with Crippen molar-refractivity contribution in [2.45, 2.75) is 11.8 Å². The van der Waals surface area contributed by atoms with Crippen molar-refractivity contribution >= 4 is 32.6 Å². The molecule has 0 fully saturated rings. The van der Waals surface area contributed by atoms with E-state index in [1.54, 1.807) is 6.07 Å². The van der Waals surface area contributed by atoms with Crippen molar-refractivity contribution in [3.63, 3.8) is 0 Å². The van der Waals surface area contributed by atoms with Gasteiger partial charge in [0.25, 0.3) is 0 Å². The van der Waals surface area contributed by atoms with Crippen molar-refractivity contribution in [1.29, 1.82) is 0 Å². The third-order valence-corrected chi connectivity index (χ3v) is 3.53. The molecule has 4 nitrogen and oxygen atoms in total. The summed E-state index contributed by atoms with van der Waals surface area (Å²) in [6.07, 6.45) is 0. The molecule has 2 rings (SSSR count). The van der Waals surface area contributed by atoms with Crippen LogP contribution < -0.4 is 29.6 Å². The zero-order valence-electron chi connectivity index (χ0n) is 8.22. The maximum Gasteiger partial charge on any atom is 1.00 e. The number of rotatable bonds is 1. The molecule has 0 bridgehead atoms. The molecule has 0 aliphatic carbocycles. The first-order valence-corrected chi connectivity index (χ1v) is 5.98. The molecule has 0 unspecified atom stereocenters. The molecular formula is C8H6NNaO3S2. The summed E-state index contributed by atoms with van der Waals surface area (Å²) >= 11 is 1.29. The van der Waals surface area contributed by atoms with E-state index in [9.17, 15) is 13.0 Å². The molecule has 0 atom stereocenters. The van der Waals surface area contributed by atoms with Gasteiger partial charge in [0.1, 0.15) is 10.1 Å². The summed E-state index contributed by atoms with van der Waals surface area (Å²) in [7, 11) is -4.36. The standard InChI is InChI=1S/C8H7NO3S2.Na/c1-5-7-4-6(14(10,11)12)2-3-8(7)9-13-5;/h2-4H,1H3,(H,10,11,12);/q;+1/p-1. The Hall–Kier alpha value is 0.0200. The van der Waals surface area contributed by atoms with Gasteiger partial charge in [0.15, 0.2) is 0 Å². The molecule has 0 saturated heterocycles. The van der Waals surface area contributed by atoms with Crippen LogP contribution in [0.15, 0.2) is 23.1 Å². The summed E-state index contributed by atoms with van der Waals surface area (Å²) in [4.78, 5) is 0.707. The predicted octanol–water partition coefficient (Wildman–Crippen LogP) is -1.49. The van der Waals surface area contributed by atoms with Crippen LogP contribution in [0.2, 0.25) is 0 Å². The monoisotopic (exact) mass is 251 g/mol. The van der Waals surface area contributed by atoms with Crippen molar-refractivity contribution < 1.29 is 42.5 Å². The SMILES string of the molecule is Cc1snc2ccc(S(=O)(=O)[O-])cc12.[Na+]. The zero-order valence-corrected chi connectivity index (χ0v) is 11.9. The van der Waals surface area contributed by atoms with Gasteiger partial charge in [-0.05, 0) is 36.7 Å². The normalized spacial score (nSPS) is 11.3. The molecular weight excluding hydrogens is 245 g/mol. The van der Waals surface area contributed by atoms with Gasteiger partial charge >= 0.3 is 29.6 Å². The van der Waals surface area contributed by atoms with E-state index in [4.69, 9.17) is 0 Å². The van der Waals surface area contributed by atoms with Gasteiger partial charge in [-0.3, -0.25) is 0 Å². The van der Waals surface area contributed by atoms with Gasteiger partial charge in [-0.2, -0.15) is 4.37 Å². The van der Waals surface area contributed by atoms with E-state index in [1.165, 1.54) is 23.7 Å². The third-order valence-electron chi connectivity index (χ3n) is 1.92. The minimum atomic E-state index is -4.36. The first-order valence-electron chi connectivity index (χ1n) is 3.80. The number of aryl methyl sites for hydroxylation is 1. The van der Waals surface area contributed by atoms with Crippen molar-refractivity contribution in [3.8, 4) is 0 Å². The Labute approximate surface area is 114 Å². The molecule has 1 aromatic carbocycles. The fraction of sp³-hybridized carbons (Fsp3) is 0.125. The number of hydrogen-bond acceptors (Lipinski definition) is 5. The van der Waals surface area contributed by atoms with Crippen molar-refractivity contribution in [2.24, 2.45) is 0 Å². The van der Waals surface area contributed by atoms with Gasteiger partial charge in [-0.25, -0.2) is 8.42 Å². The van der Waals surface area contributed by atoms with Crippen LogP contribution >= 0.6 is 11.5 Å². The zero-order chi connectivity index (χ0) is 10.3. The van der Waals surface area contributed by atoms with Gasteiger partial charge in [0.2, 0.25) is 0 Å². The largest absolute Gasteiger partial charge is 1.00 e. The first kappa shape index (κ1) is 13.1. The molecule has 0 aliphatic heterocycles. The maximum absolute atomic E-state index is 10.7. The molecule has 0 amide bonds. The summed E-state index contributed by atoms with van der Waals surface area (Å²) in [5.41, 5.74) is 0.722. The Morgan fingerprint density at radius 1 is 1.40 bits per heavy atom. The first-order chi connectivity index (χ1) is 6.48. The molecule has 15 heavy (non-hydrogen) atoms. The molecule has 1 aromatic heterocycles. The van der Waals surface area contributed by atoms with Crippen molar-refractivity contribution in [3.05, 3.63) is 23.1 Å². The Kier molecular flexibility index (Phi) is 3.91. The fourth-order valence-electron chi connectivity index (χ4n) is 1.20. The third kappa shape index (κ3) is 2.58. The van der Waals surface area contributed by atoms with Gasteiger partial charge in [-0.15, -0.1) is 0 Å². The molecule has 0 N–H and O–H groups in total. The summed E-state index contributed by atoms with van der Waals surface area (Å²) in [5, 5.41) is 0.729. The van der Waals surface area contributed by atoms with Crippen molar-refractivity contribution in [2.75, 3.05) is 0 Å². The quantitative estimate of drug-likeness (QED) is 0.457. The molecule has 2 aromatic rings. The number of aromatic nitrogens is 1. The van der Waals surface area contributed by atoms with E-state index in [-0.39, 0.29) is 34.5 Å². The van der Waals surface area contributed by atoms with Gasteiger partial charge < -0.3 is 4.55 Å². The average Bonchev–Trinajstić information content (AvgIpc) is 2.46. The Bertz CT molecular complexity index is 591. The molecule has 0 radical (unpaired) electrons. The summed E-state index contributed by atoms with van der Waals surface area (Å²) < 4.78 is 36.3. The van der Waals surface area contributed by atoms with Gasteiger partial charge in [0, 0.05) is 10.3 Å². The minimum absolute atomic E-state index is 0.